The molecule has 0 radical (unpaired) electrons. The van der Waals surface area contributed by atoms with Gasteiger partial charge >= 0.3 is 0 Å². The molecule has 3 N–H and O–H groups in total. The zero-order valence-corrected chi connectivity index (χ0v) is 10.4. The van der Waals surface area contributed by atoms with E-state index < -0.39 is 0 Å². The van der Waals surface area contributed by atoms with Crippen LogP contribution in [0.25, 0.3) is 22.2 Å². The number of H-pyrrole nitrogens is 1. The van der Waals surface area contributed by atoms with Crippen molar-refractivity contribution < 1.29 is 4.42 Å². The van der Waals surface area contributed by atoms with Crippen LogP contribution < -0.4 is 5.73 Å². The van der Waals surface area contributed by atoms with Gasteiger partial charge in [0.2, 0.25) is 5.89 Å². The van der Waals surface area contributed by atoms with Crippen molar-refractivity contribution in [3.05, 3.63) is 41.5 Å². The molecule has 0 aliphatic heterocycles. The van der Waals surface area contributed by atoms with E-state index in [0.717, 1.165) is 27.9 Å². The summed E-state index contributed by atoms with van der Waals surface area (Å²) in [6.45, 7) is 4.44. The van der Waals surface area contributed by atoms with Crippen LogP contribution in [0.2, 0.25) is 0 Å². The van der Waals surface area contributed by atoms with Gasteiger partial charge in [-0.15, -0.1) is 0 Å². The predicted octanol–water partition coefficient (Wildman–Crippen LogP) is 2.90. The van der Waals surface area contributed by atoms with E-state index in [9.17, 15) is 0 Å². The first-order chi connectivity index (χ1) is 8.69. The maximum atomic E-state index is 5.65. The molecular formula is C14H15N3O. The van der Waals surface area contributed by atoms with Gasteiger partial charge in [-0.3, -0.25) is 0 Å². The summed E-state index contributed by atoms with van der Waals surface area (Å²) in [5, 5.41) is 1.16. The fourth-order valence-electron chi connectivity index (χ4n) is 2.28. The SMILES string of the molecule is Cc1ccc2[nH]c(C)c(-c3cnc(CN)o3)c2c1. The Morgan fingerprint density at radius 3 is 2.89 bits per heavy atom. The molecule has 0 saturated carbocycles. The van der Waals surface area contributed by atoms with E-state index in [0.29, 0.717) is 12.4 Å². The fraction of sp³-hybridized carbons (Fsp3) is 0.214. The zero-order valence-electron chi connectivity index (χ0n) is 10.4. The van der Waals surface area contributed by atoms with Crippen LogP contribution in [0, 0.1) is 13.8 Å². The number of oxazole rings is 1. The second kappa shape index (κ2) is 3.99. The first-order valence-corrected chi connectivity index (χ1v) is 5.93. The van der Waals surface area contributed by atoms with E-state index in [2.05, 4.69) is 35.1 Å². The van der Waals surface area contributed by atoms with Crippen molar-refractivity contribution in [2.45, 2.75) is 20.4 Å². The van der Waals surface area contributed by atoms with Gasteiger partial charge in [-0.05, 0) is 26.0 Å². The highest BCUT2D eigenvalue weighted by Crippen LogP contribution is 2.32. The van der Waals surface area contributed by atoms with Crippen molar-refractivity contribution in [1.29, 1.82) is 0 Å². The molecule has 4 nitrogen and oxygen atoms in total. The smallest absolute Gasteiger partial charge is 0.208 e. The normalized spacial score (nSPS) is 11.3. The lowest BCUT2D eigenvalue weighted by atomic mass is 10.1. The molecule has 0 unspecified atom stereocenters. The maximum Gasteiger partial charge on any atom is 0.208 e. The van der Waals surface area contributed by atoms with Gasteiger partial charge in [0, 0.05) is 22.2 Å². The third-order valence-corrected chi connectivity index (χ3v) is 3.12. The third-order valence-electron chi connectivity index (χ3n) is 3.12. The van der Waals surface area contributed by atoms with E-state index in [1.807, 2.05) is 6.92 Å². The molecule has 3 aromatic rings. The van der Waals surface area contributed by atoms with Crippen LogP contribution >= 0.6 is 0 Å². The lowest BCUT2D eigenvalue weighted by Crippen LogP contribution is -1.94. The number of fused-ring (bicyclic) bond motifs is 1. The summed E-state index contributed by atoms with van der Waals surface area (Å²) >= 11 is 0. The molecular weight excluding hydrogens is 226 g/mol. The topological polar surface area (TPSA) is 67.8 Å². The number of aryl methyl sites for hydroxylation is 2. The highest BCUT2D eigenvalue weighted by molar-refractivity contribution is 5.96. The molecule has 0 bridgehead atoms. The number of benzene rings is 1. The number of nitrogens with zero attached hydrogens (tertiary/aromatic N) is 1. The van der Waals surface area contributed by atoms with E-state index in [-0.39, 0.29) is 0 Å². The number of nitrogens with one attached hydrogen (secondary N) is 1. The maximum absolute atomic E-state index is 5.65. The molecule has 4 heteroatoms. The predicted molar refractivity (Wildman–Crippen MR) is 71.2 cm³/mol. The minimum absolute atomic E-state index is 0.320. The summed E-state index contributed by atoms with van der Waals surface area (Å²) in [6, 6.07) is 6.33. The molecule has 0 spiro atoms. The quantitative estimate of drug-likeness (QED) is 0.724. The molecule has 18 heavy (non-hydrogen) atoms. The molecule has 0 atom stereocenters. The van der Waals surface area contributed by atoms with E-state index in [1.165, 1.54) is 5.56 Å². The number of nitrogens with two attached hydrogens (primary N) is 1. The Morgan fingerprint density at radius 1 is 1.33 bits per heavy atom. The fourth-order valence-corrected chi connectivity index (χ4v) is 2.28. The van der Waals surface area contributed by atoms with E-state index >= 15 is 0 Å². The molecule has 0 aliphatic carbocycles. The Morgan fingerprint density at radius 2 is 2.17 bits per heavy atom. The molecule has 0 aliphatic rings. The largest absolute Gasteiger partial charge is 0.439 e. The zero-order chi connectivity index (χ0) is 12.7. The highest BCUT2D eigenvalue weighted by atomic mass is 16.4. The second-order valence-corrected chi connectivity index (χ2v) is 4.50. The number of aromatic nitrogens is 2. The Balaban J connectivity index is 2.26. The molecule has 0 fully saturated rings. The number of hydrogen-bond donors (Lipinski definition) is 2. The van der Waals surface area contributed by atoms with Crippen molar-refractivity contribution >= 4 is 10.9 Å². The van der Waals surface area contributed by atoms with Crippen LogP contribution in [0.5, 0.6) is 0 Å². The minimum atomic E-state index is 0.320. The second-order valence-electron chi connectivity index (χ2n) is 4.50. The van der Waals surface area contributed by atoms with Crippen LogP contribution in [0.4, 0.5) is 0 Å². The van der Waals surface area contributed by atoms with Crippen LogP contribution in [0.15, 0.2) is 28.8 Å². The lowest BCUT2D eigenvalue weighted by Gasteiger charge is -1.97. The van der Waals surface area contributed by atoms with Gasteiger partial charge in [0.15, 0.2) is 5.76 Å². The summed E-state index contributed by atoms with van der Waals surface area (Å²) in [5.41, 5.74) is 10.0. The van der Waals surface area contributed by atoms with E-state index in [1.54, 1.807) is 6.20 Å². The van der Waals surface area contributed by atoms with Crippen molar-refractivity contribution in [2.24, 2.45) is 5.73 Å². The molecule has 2 heterocycles. The molecule has 1 aromatic carbocycles. The van der Waals surface area contributed by atoms with Gasteiger partial charge in [0.25, 0.3) is 0 Å². The number of rotatable bonds is 2. The van der Waals surface area contributed by atoms with Crippen molar-refractivity contribution in [1.82, 2.24) is 9.97 Å². The Hall–Kier alpha value is -2.07. The van der Waals surface area contributed by atoms with Gasteiger partial charge in [0.05, 0.1) is 12.7 Å². The monoisotopic (exact) mass is 241 g/mol. The Bertz CT molecular complexity index is 709. The van der Waals surface area contributed by atoms with E-state index in [4.69, 9.17) is 10.2 Å². The van der Waals surface area contributed by atoms with Crippen LogP contribution in [0.1, 0.15) is 17.1 Å². The van der Waals surface area contributed by atoms with Gasteiger partial charge < -0.3 is 15.1 Å². The first kappa shape index (κ1) is 11.0. The Kier molecular flexibility index (Phi) is 2.45. The van der Waals surface area contributed by atoms with Crippen LogP contribution in [-0.4, -0.2) is 9.97 Å². The van der Waals surface area contributed by atoms with Crippen molar-refractivity contribution in [2.75, 3.05) is 0 Å². The molecule has 3 rings (SSSR count). The van der Waals surface area contributed by atoms with Gasteiger partial charge in [-0.1, -0.05) is 11.6 Å². The minimum Gasteiger partial charge on any atom is -0.439 e. The summed E-state index contributed by atoms with van der Waals surface area (Å²) in [6.07, 6.45) is 1.74. The number of hydrogen-bond acceptors (Lipinski definition) is 3. The third kappa shape index (κ3) is 1.62. The summed E-state index contributed by atoms with van der Waals surface area (Å²) in [4.78, 5) is 7.52. The molecule has 0 amide bonds. The Labute approximate surface area is 105 Å². The summed E-state index contributed by atoms with van der Waals surface area (Å²) in [7, 11) is 0. The first-order valence-electron chi connectivity index (χ1n) is 5.93. The van der Waals surface area contributed by atoms with Crippen LogP contribution in [0.3, 0.4) is 0 Å². The highest BCUT2D eigenvalue weighted by Gasteiger charge is 2.14. The molecule has 92 valence electrons. The van der Waals surface area contributed by atoms with Crippen molar-refractivity contribution in [3.63, 3.8) is 0 Å². The summed E-state index contributed by atoms with van der Waals surface area (Å²) in [5.74, 6) is 1.33. The van der Waals surface area contributed by atoms with Crippen molar-refractivity contribution in [3.8, 4) is 11.3 Å². The average Bonchev–Trinajstić information content (AvgIpc) is 2.92. The summed E-state index contributed by atoms with van der Waals surface area (Å²) < 4.78 is 5.65. The standard InChI is InChI=1S/C14H15N3O/c1-8-3-4-11-10(5-8)14(9(2)17-11)12-7-16-13(6-15)18-12/h3-5,7,17H,6,15H2,1-2H3. The molecule has 0 saturated heterocycles. The van der Waals surface area contributed by atoms with Gasteiger partial charge in [-0.2, -0.15) is 0 Å². The van der Waals surface area contributed by atoms with Gasteiger partial charge in [-0.25, -0.2) is 4.98 Å². The molecule has 2 aromatic heterocycles. The van der Waals surface area contributed by atoms with Gasteiger partial charge in [0.1, 0.15) is 0 Å². The number of aromatic amines is 1. The van der Waals surface area contributed by atoms with Crippen LogP contribution in [-0.2, 0) is 6.54 Å². The average molecular weight is 241 g/mol. The lowest BCUT2D eigenvalue weighted by molar-refractivity contribution is 0.510.